The second kappa shape index (κ2) is 10.7. The van der Waals surface area contributed by atoms with Crippen LogP contribution in [0.25, 0.3) is 11.2 Å². The molecular weight excluding hydrogens is 476 g/mol. The number of carbonyl (C=O) groups excluding carboxylic acids is 1. The zero-order valence-electron chi connectivity index (χ0n) is 21.0. The average molecular weight is 509 g/mol. The van der Waals surface area contributed by atoms with Gasteiger partial charge >= 0.3 is 12.0 Å². The molecule has 0 unspecified atom stereocenters. The summed E-state index contributed by atoms with van der Waals surface area (Å²) in [5, 5.41) is 18.5. The van der Waals surface area contributed by atoms with E-state index in [4.69, 9.17) is 4.74 Å². The molecule has 0 radical (unpaired) electrons. The maximum atomic E-state index is 13.0. The molecule has 1 amide bonds. The lowest BCUT2D eigenvalue weighted by molar-refractivity contribution is -0.143. The number of anilines is 3. The van der Waals surface area contributed by atoms with Crippen LogP contribution in [0.1, 0.15) is 31.2 Å². The van der Waals surface area contributed by atoms with Gasteiger partial charge in [0.25, 0.3) is 0 Å². The van der Waals surface area contributed by atoms with Crippen LogP contribution >= 0.6 is 0 Å². The number of aromatic nitrogens is 4. The Kier molecular flexibility index (Phi) is 7.19. The number of carboxylic acids is 1. The highest BCUT2D eigenvalue weighted by Crippen LogP contribution is 2.26. The standard InChI is InChI=1S/C25H32N8O4/c1-26-21-20-22(33(14-27-20)25(36)29-18-6-7-19(18)37-2)31-24(30-21)28-17-5-3-4-15(12-17)13-32-10-8-16(9-11-32)23(34)35/h3-5,12,14,16,18-19H,6-11,13H2,1-2H3,(H,29,36)(H,34,35)(H2,26,28,30,31)/t18-,19-/m1/s1. The van der Waals surface area contributed by atoms with Crippen molar-refractivity contribution in [1.29, 1.82) is 0 Å². The van der Waals surface area contributed by atoms with Gasteiger partial charge in [0.1, 0.15) is 6.33 Å². The molecule has 1 saturated heterocycles. The number of imidazole rings is 1. The fraction of sp³-hybridized carbons (Fsp3) is 0.480. The number of carboxylic acid groups (broad SMARTS) is 1. The molecule has 196 valence electrons. The van der Waals surface area contributed by atoms with Crippen LogP contribution in [-0.4, -0.2) is 80.9 Å². The Labute approximate surface area is 214 Å². The van der Waals surface area contributed by atoms with Gasteiger partial charge in [-0.1, -0.05) is 12.1 Å². The van der Waals surface area contributed by atoms with E-state index >= 15 is 0 Å². The first-order valence-electron chi connectivity index (χ1n) is 12.5. The highest BCUT2D eigenvalue weighted by molar-refractivity contribution is 5.92. The molecule has 0 bridgehead atoms. The molecule has 1 aromatic carbocycles. The predicted octanol–water partition coefficient (Wildman–Crippen LogP) is 2.64. The Morgan fingerprint density at radius 1 is 1.16 bits per heavy atom. The highest BCUT2D eigenvalue weighted by Gasteiger charge is 2.33. The van der Waals surface area contributed by atoms with Crippen LogP contribution < -0.4 is 16.0 Å². The molecule has 2 atom stereocenters. The number of aliphatic carboxylic acids is 1. The van der Waals surface area contributed by atoms with Gasteiger partial charge < -0.3 is 25.8 Å². The maximum absolute atomic E-state index is 13.0. The average Bonchev–Trinajstić information content (AvgIpc) is 3.31. The molecule has 1 aliphatic carbocycles. The Morgan fingerprint density at radius 3 is 2.65 bits per heavy atom. The third kappa shape index (κ3) is 5.35. The van der Waals surface area contributed by atoms with Crippen molar-refractivity contribution in [3.63, 3.8) is 0 Å². The van der Waals surface area contributed by atoms with Crippen molar-refractivity contribution in [1.82, 2.24) is 29.7 Å². The predicted molar refractivity (Wildman–Crippen MR) is 138 cm³/mol. The molecule has 5 rings (SSSR count). The molecule has 3 heterocycles. The lowest BCUT2D eigenvalue weighted by Gasteiger charge is -2.35. The Hall–Kier alpha value is -3.77. The molecule has 1 saturated carbocycles. The van der Waals surface area contributed by atoms with E-state index in [-0.39, 0.29) is 24.1 Å². The summed E-state index contributed by atoms with van der Waals surface area (Å²) in [6.07, 6.45) is 4.60. The molecule has 4 N–H and O–H groups in total. The van der Waals surface area contributed by atoms with Gasteiger partial charge in [0.2, 0.25) is 5.95 Å². The second-order valence-electron chi connectivity index (χ2n) is 9.55. The molecule has 2 aromatic heterocycles. The van der Waals surface area contributed by atoms with E-state index in [1.807, 2.05) is 24.3 Å². The number of benzene rings is 1. The van der Waals surface area contributed by atoms with E-state index < -0.39 is 5.97 Å². The molecule has 12 heteroatoms. The van der Waals surface area contributed by atoms with Gasteiger partial charge in [-0.3, -0.25) is 9.69 Å². The van der Waals surface area contributed by atoms with Gasteiger partial charge in [0, 0.05) is 26.4 Å². The zero-order valence-corrected chi connectivity index (χ0v) is 21.0. The number of hydrogen-bond donors (Lipinski definition) is 4. The molecule has 2 aliphatic rings. The fourth-order valence-electron chi connectivity index (χ4n) is 4.90. The number of nitrogens with zero attached hydrogens (tertiary/aromatic N) is 5. The quantitative estimate of drug-likeness (QED) is 0.358. The van der Waals surface area contributed by atoms with E-state index in [1.54, 1.807) is 14.2 Å². The number of nitrogens with one attached hydrogen (secondary N) is 3. The largest absolute Gasteiger partial charge is 0.481 e. The molecule has 37 heavy (non-hydrogen) atoms. The lowest BCUT2D eigenvalue weighted by atomic mass is 9.89. The van der Waals surface area contributed by atoms with Crippen LogP contribution in [0.2, 0.25) is 0 Å². The van der Waals surface area contributed by atoms with Crippen molar-refractivity contribution in [2.45, 2.75) is 44.4 Å². The third-order valence-corrected chi connectivity index (χ3v) is 7.20. The van der Waals surface area contributed by atoms with E-state index in [9.17, 15) is 14.7 Å². The number of carbonyl (C=O) groups is 2. The summed E-state index contributed by atoms with van der Waals surface area (Å²) in [6, 6.07) is 7.62. The summed E-state index contributed by atoms with van der Waals surface area (Å²) in [4.78, 5) is 40.0. The fourth-order valence-corrected chi connectivity index (χ4v) is 4.90. The smallest absolute Gasteiger partial charge is 0.328 e. The van der Waals surface area contributed by atoms with Gasteiger partial charge in [-0.15, -0.1) is 0 Å². The van der Waals surface area contributed by atoms with Crippen LogP contribution in [-0.2, 0) is 16.1 Å². The van der Waals surface area contributed by atoms with Crippen molar-refractivity contribution in [2.75, 3.05) is 37.9 Å². The minimum Gasteiger partial charge on any atom is -0.481 e. The second-order valence-corrected chi connectivity index (χ2v) is 9.55. The number of ether oxygens (including phenoxy) is 1. The van der Waals surface area contributed by atoms with Crippen LogP contribution in [0.4, 0.5) is 22.2 Å². The maximum Gasteiger partial charge on any atom is 0.328 e. The number of fused-ring (bicyclic) bond motifs is 1. The minimum absolute atomic E-state index is 0.0225. The van der Waals surface area contributed by atoms with E-state index in [0.29, 0.717) is 35.8 Å². The first-order chi connectivity index (χ1) is 17.9. The molecule has 3 aromatic rings. The number of likely N-dealkylation sites (tertiary alicyclic amines) is 1. The lowest BCUT2D eigenvalue weighted by Crippen LogP contribution is -2.52. The summed E-state index contributed by atoms with van der Waals surface area (Å²) >= 11 is 0. The van der Waals surface area contributed by atoms with Crippen LogP contribution in [0.15, 0.2) is 30.6 Å². The monoisotopic (exact) mass is 508 g/mol. The summed E-state index contributed by atoms with van der Waals surface area (Å²) in [7, 11) is 3.40. The Bertz CT molecular complexity index is 1280. The number of hydrogen-bond acceptors (Lipinski definition) is 9. The van der Waals surface area contributed by atoms with E-state index in [0.717, 1.165) is 43.7 Å². The minimum atomic E-state index is -0.704. The van der Waals surface area contributed by atoms with E-state index in [2.05, 4.69) is 35.8 Å². The molecule has 0 spiro atoms. The first-order valence-corrected chi connectivity index (χ1v) is 12.5. The Balaban J connectivity index is 1.31. The number of amides is 1. The Morgan fingerprint density at radius 2 is 1.97 bits per heavy atom. The summed E-state index contributed by atoms with van der Waals surface area (Å²) in [5.74, 6) is -0.104. The van der Waals surface area contributed by atoms with Gasteiger partial charge in [-0.2, -0.15) is 9.97 Å². The molecular formula is C25H32N8O4. The first kappa shape index (κ1) is 24.9. The van der Waals surface area contributed by atoms with Gasteiger partial charge in [0.15, 0.2) is 17.0 Å². The summed E-state index contributed by atoms with van der Waals surface area (Å²) < 4.78 is 6.78. The number of piperidine rings is 1. The molecule has 1 aliphatic heterocycles. The summed E-state index contributed by atoms with van der Waals surface area (Å²) in [6.45, 7) is 2.26. The SMILES string of the molecule is CNc1nc(Nc2cccc(CN3CCC(C(=O)O)CC3)c2)nc2c1ncn2C(=O)N[C@@H]1CC[C@H]1OC. The van der Waals surface area contributed by atoms with Gasteiger partial charge in [0.05, 0.1) is 18.1 Å². The van der Waals surface area contributed by atoms with Crippen molar-refractivity contribution >= 4 is 40.6 Å². The highest BCUT2D eigenvalue weighted by atomic mass is 16.5. The molecule has 12 nitrogen and oxygen atoms in total. The number of methoxy groups -OCH3 is 1. The van der Waals surface area contributed by atoms with Crippen molar-refractivity contribution in [3.05, 3.63) is 36.2 Å². The zero-order chi connectivity index (χ0) is 25.9. The van der Waals surface area contributed by atoms with Gasteiger partial charge in [-0.05, 0) is 56.5 Å². The van der Waals surface area contributed by atoms with Crippen LogP contribution in [0.3, 0.4) is 0 Å². The third-order valence-electron chi connectivity index (χ3n) is 7.20. The summed E-state index contributed by atoms with van der Waals surface area (Å²) in [5.41, 5.74) is 2.81. The molecule has 2 fully saturated rings. The topological polar surface area (TPSA) is 147 Å². The van der Waals surface area contributed by atoms with Crippen molar-refractivity contribution in [3.8, 4) is 0 Å². The van der Waals surface area contributed by atoms with Gasteiger partial charge in [-0.25, -0.2) is 14.3 Å². The van der Waals surface area contributed by atoms with Crippen molar-refractivity contribution in [2.24, 2.45) is 5.92 Å². The normalized spacial score (nSPS) is 20.4. The number of rotatable bonds is 8. The van der Waals surface area contributed by atoms with Crippen LogP contribution in [0.5, 0.6) is 0 Å². The van der Waals surface area contributed by atoms with Crippen molar-refractivity contribution < 1.29 is 19.4 Å². The van der Waals surface area contributed by atoms with Crippen LogP contribution in [0, 0.1) is 5.92 Å². The van der Waals surface area contributed by atoms with E-state index in [1.165, 1.54) is 10.9 Å².